The van der Waals surface area contributed by atoms with Crippen molar-refractivity contribution in [1.29, 1.82) is 0 Å². The first-order valence-electron chi connectivity index (χ1n) is 9.08. The lowest BCUT2D eigenvalue weighted by molar-refractivity contribution is -0.144. The maximum absolute atomic E-state index is 11.1. The smallest absolute Gasteiger partial charge is 0.305 e. The molecular formula is C19H40O4. The molecule has 23 heavy (non-hydrogen) atoms. The predicted octanol–water partition coefficient (Wildman–Crippen LogP) is 4.63. The number of hydrogen-bond donors (Lipinski definition) is 2. The van der Waals surface area contributed by atoms with E-state index in [1.807, 2.05) is 6.92 Å². The summed E-state index contributed by atoms with van der Waals surface area (Å²) >= 11 is 0. The van der Waals surface area contributed by atoms with Crippen LogP contribution in [-0.2, 0) is 9.53 Å². The first kappa shape index (κ1) is 27.0. The fourth-order valence-electron chi connectivity index (χ4n) is 1.81. The number of esters is 1. The molecule has 0 saturated heterocycles. The Hall–Kier alpha value is -0.870. The molecule has 2 N–H and O–H groups in total. The molecule has 0 aromatic rings. The summed E-state index contributed by atoms with van der Waals surface area (Å²) in [7, 11) is 0. The van der Waals surface area contributed by atoms with Gasteiger partial charge in [-0.15, -0.1) is 6.58 Å². The lowest BCUT2D eigenvalue weighted by Crippen LogP contribution is -2.07. The number of carbonyl (C=O) groups excluding carboxylic acids is 1. The van der Waals surface area contributed by atoms with Gasteiger partial charge in [-0.3, -0.25) is 4.79 Å². The number of rotatable bonds is 12. The monoisotopic (exact) mass is 332 g/mol. The Kier molecular flexibility index (Phi) is 34.3. The van der Waals surface area contributed by atoms with Gasteiger partial charge < -0.3 is 14.9 Å². The van der Waals surface area contributed by atoms with Gasteiger partial charge in [-0.25, -0.2) is 0 Å². The third-order valence-corrected chi connectivity index (χ3v) is 2.84. The average molecular weight is 333 g/mol. The molecule has 0 amide bonds. The van der Waals surface area contributed by atoms with E-state index in [9.17, 15) is 4.79 Å². The first-order chi connectivity index (χ1) is 11.1. The highest BCUT2D eigenvalue weighted by Crippen LogP contribution is 2.10. The lowest BCUT2D eigenvalue weighted by atomic mass is 10.1. The number of aliphatic hydroxyl groups excluding tert-OH is 2. The topological polar surface area (TPSA) is 66.8 Å². The van der Waals surface area contributed by atoms with Crippen molar-refractivity contribution in [1.82, 2.24) is 0 Å². The van der Waals surface area contributed by atoms with E-state index in [1.54, 1.807) is 13.0 Å². The largest absolute Gasteiger partial charge is 0.463 e. The normalized spacial score (nSPS) is 9.09. The van der Waals surface area contributed by atoms with Crippen molar-refractivity contribution < 1.29 is 19.7 Å². The highest BCUT2D eigenvalue weighted by molar-refractivity contribution is 5.69. The maximum atomic E-state index is 11.1. The van der Waals surface area contributed by atoms with E-state index >= 15 is 0 Å². The molecule has 0 aromatic carbocycles. The third kappa shape index (κ3) is 38.7. The molecule has 0 heterocycles. The molecule has 0 aromatic heterocycles. The summed E-state index contributed by atoms with van der Waals surface area (Å²) in [5, 5.41) is 16.0. The van der Waals surface area contributed by atoms with Crippen molar-refractivity contribution in [2.75, 3.05) is 19.8 Å². The SMILES string of the molecule is C=CC.CCCCCCCCCCCC(=O)OCCO.CCO. The van der Waals surface area contributed by atoms with Crippen LogP contribution in [0.2, 0.25) is 0 Å². The molecule has 0 rings (SSSR count). The van der Waals surface area contributed by atoms with Gasteiger partial charge in [0, 0.05) is 13.0 Å². The van der Waals surface area contributed by atoms with Gasteiger partial charge in [0.2, 0.25) is 0 Å². The van der Waals surface area contributed by atoms with Crippen LogP contribution in [-0.4, -0.2) is 36.0 Å². The van der Waals surface area contributed by atoms with Crippen molar-refractivity contribution in [3.63, 3.8) is 0 Å². The Morgan fingerprint density at radius 2 is 1.35 bits per heavy atom. The summed E-state index contributed by atoms with van der Waals surface area (Å²) in [5.41, 5.74) is 0. The van der Waals surface area contributed by atoms with E-state index < -0.39 is 0 Å². The Morgan fingerprint density at radius 1 is 0.957 bits per heavy atom. The van der Waals surface area contributed by atoms with E-state index in [0.29, 0.717) is 6.42 Å². The minimum absolute atomic E-state index is 0.0799. The zero-order valence-electron chi connectivity index (χ0n) is 15.7. The van der Waals surface area contributed by atoms with Crippen LogP contribution < -0.4 is 0 Å². The Morgan fingerprint density at radius 3 is 1.74 bits per heavy atom. The van der Waals surface area contributed by atoms with Crippen LogP contribution in [0.1, 0.15) is 85.0 Å². The number of hydrogen-bond acceptors (Lipinski definition) is 4. The standard InChI is InChI=1S/C14H28O3.C3H6.C2H6O/c1-2-3-4-5-6-7-8-9-10-11-14(16)17-13-12-15;1-3-2;1-2-3/h15H,2-13H2,1H3;3H,1H2,2H3;3H,2H2,1H3. The zero-order valence-corrected chi connectivity index (χ0v) is 15.7. The van der Waals surface area contributed by atoms with Crippen molar-refractivity contribution in [2.45, 2.75) is 85.0 Å². The van der Waals surface area contributed by atoms with Gasteiger partial charge in [-0.05, 0) is 20.3 Å². The highest BCUT2D eigenvalue weighted by Gasteiger charge is 2.01. The minimum Gasteiger partial charge on any atom is -0.463 e. The Balaban J connectivity index is -0.000000573. The predicted molar refractivity (Wildman–Crippen MR) is 98.5 cm³/mol. The number of unbranched alkanes of at least 4 members (excludes halogenated alkanes) is 8. The van der Waals surface area contributed by atoms with Gasteiger partial charge in [0.25, 0.3) is 0 Å². The van der Waals surface area contributed by atoms with Gasteiger partial charge >= 0.3 is 5.97 Å². The van der Waals surface area contributed by atoms with Gasteiger partial charge in [0.15, 0.2) is 0 Å². The molecule has 4 nitrogen and oxygen atoms in total. The van der Waals surface area contributed by atoms with Gasteiger partial charge in [-0.1, -0.05) is 64.4 Å². The molecule has 0 aliphatic rings. The van der Waals surface area contributed by atoms with Crippen molar-refractivity contribution in [3.05, 3.63) is 12.7 Å². The summed E-state index contributed by atoms with van der Waals surface area (Å²) in [5.74, 6) is -0.179. The van der Waals surface area contributed by atoms with Crippen molar-refractivity contribution >= 4 is 5.97 Å². The number of carbonyl (C=O) groups is 1. The van der Waals surface area contributed by atoms with Crippen molar-refractivity contribution in [2.24, 2.45) is 0 Å². The van der Waals surface area contributed by atoms with Crippen LogP contribution >= 0.6 is 0 Å². The summed E-state index contributed by atoms with van der Waals surface area (Å²) < 4.78 is 4.77. The summed E-state index contributed by atoms with van der Waals surface area (Å²) in [6.45, 7) is 9.47. The van der Waals surface area contributed by atoms with E-state index in [1.165, 1.54) is 44.9 Å². The molecule has 0 aliphatic heterocycles. The third-order valence-electron chi connectivity index (χ3n) is 2.84. The summed E-state index contributed by atoms with van der Waals surface area (Å²) in [6, 6.07) is 0. The van der Waals surface area contributed by atoms with Crippen LogP contribution in [0.25, 0.3) is 0 Å². The lowest BCUT2D eigenvalue weighted by Gasteiger charge is -2.03. The molecule has 4 heteroatoms. The molecule has 0 aliphatic carbocycles. The highest BCUT2D eigenvalue weighted by atomic mass is 16.5. The second-order valence-corrected chi connectivity index (χ2v) is 5.25. The zero-order chi connectivity index (χ0) is 18.2. The molecular weight excluding hydrogens is 292 g/mol. The van der Waals surface area contributed by atoms with E-state index in [2.05, 4.69) is 13.5 Å². The van der Waals surface area contributed by atoms with Gasteiger partial charge in [-0.2, -0.15) is 0 Å². The van der Waals surface area contributed by atoms with Crippen LogP contribution in [0.3, 0.4) is 0 Å². The van der Waals surface area contributed by atoms with Crippen LogP contribution in [0.4, 0.5) is 0 Å². The van der Waals surface area contributed by atoms with Crippen LogP contribution in [0, 0.1) is 0 Å². The minimum atomic E-state index is -0.179. The molecule has 0 unspecified atom stereocenters. The maximum Gasteiger partial charge on any atom is 0.305 e. The van der Waals surface area contributed by atoms with Crippen LogP contribution in [0.5, 0.6) is 0 Å². The molecule has 0 radical (unpaired) electrons. The summed E-state index contributed by atoms with van der Waals surface area (Å²) in [4.78, 5) is 11.1. The Bertz CT molecular complexity index is 217. The van der Waals surface area contributed by atoms with Crippen LogP contribution in [0.15, 0.2) is 12.7 Å². The number of allylic oxidation sites excluding steroid dienone is 1. The quantitative estimate of drug-likeness (QED) is 0.310. The Labute approximate surface area is 143 Å². The number of ether oxygens (including phenoxy) is 1. The molecule has 0 spiro atoms. The second kappa shape index (κ2) is 29.2. The average Bonchev–Trinajstić information content (AvgIpc) is 2.53. The van der Waals surface area contributed by atoms with Gasteiger partial charge in [0.05, 0.1) is 6.61 Å². The van der Waals surface area contributed by atoms with E-state index in [4.69, 9.17) is 14.9 Å². The van der Waals surface area contributed by atoms with Gasteiger partial charge in [0.1, 0.15) is 6.61 Å². The molecule has 0 fully saturated rings. The second-order valence-electron chi connectivity index (χ2n) is 5.25. The first-order valence-corrected chi connectivity index (χ1v) is 9.08. The fourth-order valence-corrected chi connectivity index (χ4v) is 1.81. The van der Waals surface area contributed by atoms with Crippen molar-refractivity contribution in [3.8, 4) is 0 Å². The summed E-state index contributed by atoms with van der Waals surface area (Å²) in [6.07, 6.45) is 13.5. The molecule has 0 atom stereocenters. The molecule has 0 bridgehead atoms. The van der Waals surface area contributed by atoms with E-state index in [0.717, 1.165) is 12.8 Å². The fraction of sp³-hybridized carbons (Fsp3) is 0.842. The molecule has 140 valence electrons. The number of aliphatic hydroxyl groups is 2. The van der Waals surface area contributed by atoms with E-state index in [-0.39, 0.29) is 25.8 Å². The molecule has 0 saturated carbocycles.